The quantitative estimate of drug-likeness (QED) is 0.529. The van der Waals surface area contributed by atoms with Crippen molar-refractivity contribution in [3.63, 3.8) is 0 Å². The number of rotatable bonds is 3. The van der Waals surface area contributed by atoms with Crippen LogP contribution in [0.15, 0.2) is 25.2 Å². The molecule has 1 aliphatic rings. The third-order valence-corrected chi connectivity index (χ3v) is 3.89. The van der Waals surface area contributed by atoms with Gasteiger partial charge >= 0.3 is 0 Å². The smallest absolute Gasteiger partial charge is 0.164 e. The first-order valence-corrected chi connectivity index (χ1v) is 6.83. The topological polar surface area (TPSA) is 150 Å². The number of fused-ring (bicyclic) bond motifs is 1. The third-order valence-electron chi connectivity index (χ3n) is 3.89. The van der Waals surface area contributed by atoms with Crippen molar-refractivity contribution in [3.8, 4) is 6.07 Å². The highest BCUT2D eigenvalue weighted by atomic mass is 16.6. The van der Waals surface area contributed by atoms with Gasteiger partial charge < -0.3 is 30.4 Å². The van der Waals surface area contributed by atoms with E-state index in [2.05, 4.69) is 16.5 Å². The highest BCUT2D eigenvalue weighted by molar-refractivity contribution is 5.91. The molecule has 1 saturated heterocycles. The van der Waals surface area contributed by atoms with Crippen molar-refractivity contribution in [2.24, 2.45) is 0 Å². The van der Waals surface area contributed by atoms with Gasteiger partial charge in [0.25, 0.3) is 0 Å². The summed E-state index contributed by atoms with van der Waals surface area (Å²) in [4.78, 5) is 7.91. The molecule has 120 valence electrons. The molecular formula is C14H15N5O4. The molecule has 0 aliphatic carbocycles. The van der Waals surface area contributed by atoms with Gasteiger partial charge in [0.05, 0.1) is 10.9 Å². The molecule has 2 aromatic rings. The molecule has 0 bridgehead atoms. The van der Waals surface area contributed by atoms with E-state index in [0.717, 1.165) is 0 Å². The Kier molecular flexibility index (Phi) is 3.75. The molecule has 0 spiro atoms. The van der Waals surface area contributed by atoms with Gasteiger partial charge in [-0.15, -0.1) is 6.58 Å². The number of hydrogen-bond donors (Lipinski definition) is 4. The van der Waals surface area contributed by atoms with Crippen LogP contribution in [0.3, 0.4) is 0 Å². The molecule has 9 heteroatoms. The lowest BCUT2D eigenvalue weighted by Crippen LogP contribution is -2.37. The Labute approximate surface area is 130 Å². The lowest BCUT2D eigenvalue weighted by molar-refractivity contribution is -0.0695. The molecule has 0 aromatic carbocycles. The van der Waals surface area contributed by atoms with Gasteiger partial charge in [0, 0.05) is 6.20 Å². The van der Waals surface area contributed by atoms with Crippen LogP contribution in [-0.4, -0.2) is 54.3 Å². The van der Waals surface area contributed by atoms with E-state index in [-0.39, 0.29) is 11.4 Å². The first-order valence-electron chi connectivity index (χ1n) is 6.83. The molecule has 1 fully saturated rings. The number of nitrogens with two attached hydrogens (primary N) is 1. The average molecular weight is 317 g/mol. The number of nitriles is 1. The number of aliphatic hydroxyl groups excluding tert-OH is 3. The van der Waals surface area contributed by atoms with Crippen molar-refractivity contribution in [1.29, 1.82) is 5.26 Å². The van der Waals surface area contributed by atoms with Gasteiger partial charge in [0.15, 0.2) is 6.23 Å². The van der Waals surface area contributed by atoms with Gasteiger partial charge in [-0.3, -0.25) is 0 Å². The summed E-state index contributed by atoms with van der Waals surface area (Å²) in [6.07, 6.45) is -2.04. The molecule has 3 heterocycles. The standard InChI is InChI=1S/C14H15N5O4/c1-2-7(20)11-9(21)10(22)14(23-11)19-4-6(3-15)8-12(16)17-5-18-13(8)19/h2,4-5,7,9-11,14,20-22H,1H2,(H2,16,17,18)/t7-,9+,10-,11-,14-/m1/s1. The Balaban J connectivity index is 2.09. The molecule has 9 nitrogen and oxygen atoms in total. The second-order valence-corrected chi connectivity index (χ2v) is 5.22. The van der Waals surface area contributed by atoms with Gasteiger partial charge in [-0.1, -0.05) is 6.08 Å². The largest absolute Gasteiger partial charge is 0.387 e. The molecule has 5 N–H and O–H groups in total. The first kappa shape index (κ1) is 15.4. The fourth-order valence-electron chi connectivity index (χ4n) is 2.72. The van der Waals surface area contributed by atoms with Crippen LogP contribution >= 0.6 is 0 Å². The van der Waals surface area contributed by atoms with Crippen LogP contribution in [0.1, 0.15) is 11.8 Å². The summed E-state index contributed by atoms with van der Waals surface area (Å²) in [5.74, 6) is 0.126. The summed E-state index contributed by atoms with van der Waals surface area (Å²) < 4.78 is 6.96. The van der Waals surface area contributed by atoms with E-state index in [4.69, 9.17) is 10.5 Å². The molecule has 23 heavy (non-hydrogen) atoms. The van der Waals surface area contributed by atoms with Crippen LogP contribution in [-0.2, 0) is 4.74 Å². The Morgan fingerprint density at radius 1 is 1.43 bits per heavy atom. The van der Waals surface area contributed by atoms with Crippen molar-refractivity contribution < 1.29 is 20.1 Å². The average Bonchev–Trinajstić information content (AvgIpc) is 3.07. The van der Waals surface area contributed by atoms with E-state index < -0.39 is 30.6 Å². The SMILES string of the molecule is C=C[C@@H](O)[C@H]1O[C@@H](n2cc(C#N)c3c(N)ncnc32)[C@H](O)[C@@H]1O. The normalized spacial score (nSPS) is 28.6. The van der Waals surface area contributed by atoms with Crippen LogP contribution in [0.25, 0.3) is 11.0 Å². The molecule has 0 amide bonds. The van der Waals surface area contributed by atoms with Crippen LogP contribution in [0.4, 0.5) is 5.82 Å². The number of anilines is 1. The number of aromatic nitrogens is 3. The second-order valence-electron chi connectivity index (χ2n) is 5.22. The highest BCUT2D eigenvalue weighted by Gasteiger charge is 2.46. The minimum Gasteiger partial charge on any atom is -0.387 e. The van der Waals surface area contributed by atoms with E-state index >= 15 is 0 Å². The number of nitrogens with zero attached hydrogens (tertiary/aromatic N) is 4. The monoisotopic (exact) mass is 317 g/mol. The van der Waals surface area contributed by atoms with Crippen LogP contribution in [0.5, 0.6) is 0 Å². The molecule has 3 rings (SSSR count). The van der Waals surface area contributed by atoms with Gasteiger partial charge in [0.1, 0.15) is 48.3 Å². The lowest BCUT2D eigenvalue weighted by Gasteiger charge is -2.18. The Bertz CT molecular complexity index is 798. The molecular weight excluding hydrogens is 302 g/mol. The summed E-state index contributed by atoms with van der Waals surface area (Å²) in [6, 6.07) is 1.98. The van der Waals surface area contributed by atoms with E-state index in [1.165, 1.54) is 23.2 Å². The van der Waals surface area contributed by atoms with Gasteiger partial charge in [0.2, 0.25) is 0 Å². The molecule has 5 atom stereocenters. The summed E-state index contributed by atoms with van der Waals surface area (Å²) in [5.41, 5.74) is 6.29. The Morgan fingerprint density at radius 3 is 2.83 bits per heavy atom. The van der Waals surface area contributed by atoms with Crippen molar-refractivity contribution >= 4 is 16.9 Å². The number of ether oxygens (including phenoxy) is 1. The molecule has 0 radical (unpaired) electrons. The molecule has 1 aliphatic heterocycles. The fraction of sp³-hybridized carbons (Fsp3) is 0.357. The second kappa shape index (κ2) is 5.60. The van der Waals surface area contributed by atoms with Gasteiger partial charge in [-0.25, -0.2) is 9.97 Å². The summed E-state index contributed by atoms with van der Waals surface area (Å²) in [6.45, 7) is 3.43. The summed E-state index contributed by atoms with van der Waals surface area (Å²) in [7, 11) is 0. The van der Waals surface area contributed by atoms with E-state index in [1.54, 1.807) is 0 Å². The number of hydrogen-bond acceptors (Lipinski definition) is 8. The molecule has 0 saturated carbocycles. The van der Waals surface area contributed by atoms with Crippen molar-refractivity contribution in [2.45, 2.75) is 30.6 Å². The minimum atomic E-state index is -1.33. The first-order chi connectivity index (χ1) is 11.0. The van der Waals surface area contributed by atoms with Crippen LogP contribution in [0, 0.1) is 11.3 Å². The maximum atomic E-state index is 10.2. The molecule has 2 aromatic heterocycles. The number of aliphatic hydroxyl groups is 3. The van der Waals surface area contributed by atoms with Gasteiger partial charge in [-0.2, -0.15) is 5.26 Å². The van der Waals surface area contributed by atoms with E-state index in [0.29, 0.717) is 11.0 Å². The third kappa shape index (κ3) is 2.25. The minimum absolute atomic E-state index is 0.126. The molecule has 0 unspecified atom stereocenters. The fourth-order valence-corrected chi connectivity index (χ4v) is 2.72. The van der Waals surface area contributed by atoms with Crippen LogP contribution in [0.2, 0.25) is 0 Å². The number of nitrogen functional groups attached to an aromatic ring is 1. The zero-order valence-electron chi connectivity index (χ0n) is 11.9. The Hall–Kier alpha value is -2.51. The Morgan fingerprint density at radius 2 is 2.17 bits per heavy atom. The van der Waals surface area contributed by atoms with Gasteiger partial charge in [-0.05, 0) is 0 Å². The van der Waals surface area contributed by atoms with E-state index in [9.17, 15) is 20.6 Å². The maximum absolute atomic E-state index is 10.2. The van der Waals surface area contributed by atoms with Crippen LogP contribution < -0.4 is 5.73 Å². The predicted octanol–water partition coefficient (Wildman–Crippen LogP) is -0.949. The van der Waals surface area contributed by atoms with Crippen molar-refractivity contribution in [1.82, 2.24) is 14.5 Å². The summed E-state index contributed by atoms with van der Waals surface area (Å²) >= 11 is 0. The van der Waals surface area contributed by atoms with E-state index in [1.807, 2.05) is 6.07 Å². The summed E-state index contributed by atoms with van der Waals surface area (Å²) in [5, 5.41) is 39.7. The predicted molar refractivity (Wildman–Crippen MR) is 78.8 cm³/mol. The lowest BCUT2D eigenvalue weighted by atomic mass is 10.1. The zero-order valence-corrected chi connectivity index (χ0v) is 11.9. The maximum Gasteiger partial charge on any atom is 0.164 e. The van der Waals surface area contributed by atoms with Crippen molar-refractivity contribution in [3.05, 3.63) is 30.7 Å². The highest BCUT2D eigenvalue weighted by Crippen LogP contribution is 2.35. The zero-order chi connectivity index (χ0) is 16.7. The van der Waals surface area contributed by atoms with Crippen molar-refractivity contribution in [2.75, 3.05) is 5.73 Å².